The van der Waals surface area contributed by atoms with E-state index in [1.165, 1.54) is 12.1 Å². The maximum absolute atomic E-state index is 12.6. The van der Waals surface area contributed by atoms with Crippen molar-refractivity contribution in [2.24, 2.45) is 4.99 Å². The van der Waals surface area contributed by atoms with E-state index in [9.17, 15) is 8.78 Å². The van der Waals surface area contributed by atoms with E-state index >= 15 is 0 Å². The number of guanidine groups is 1. The summed E-state index contributed by atoms with van der Waals surface area (Å²) in [4.78, 5) is 9.17. The van der Waals surface area contributed by atoms with Gasteiger partial charge in [-0.15, -0.1) is 0 Å². The minimum atomic E-state index is -2.88. The van der Waals surface area contributed by atoms with Gasteiger partial charge >= 0.3 is 6.61 Å². The molecular weight excluding hydrogens is 400 g/mol. The molecular formula is C20H32ClF2N5O. The van der Waals surface area contributed by atoms with Crippen LogP contribution < -0.4 is 15.4 Å². The van der Waals surface area contributed by atoms with Crippen LogP contribution in [0.5, 0.6) is 5.75 Å². The van der Waals surface area contributed by atoms with Crippen molar-refractivity contribution in [3.8, 4) is 5.75 Å². The molecule has 2 N–H and O–H groups in total. The largest absolute Gasteiger partial charge is 0.434 e. The van der Waals surface area contributed by atoms with Gasteiger partial charge in [-0.05, 0) is 44.1 Å². The number of piperazine rings is 1. The Morgan fingerprint density at radius 2 is 1.90 bits per heavy atom. The van der Waals surface area contributed by atoms with Crippen molar-refractivity contribution in [3.63, 3.8) is 0 Å². The highest BCUT2D eigenvalue weighted by Gasteiger charge is 2.14. The van der Waals surface area contributed by atoms with Crippen molar-refractivity contribution in [3.05, 3.63) is 28.8 Å². The van der Waals surface area contributed by atoms with Gasteiger partial charge < -0.3 is 25.2 Å². The summed E-state index contributed by atoms with van der Waals surface area (Å²) < 4.78 is 29.7. The van der Waals surface area contributed by atoms with Crippen molar-refractivity contribution in [2.45, 2.75) is 32.9 Å². The Morgan fingerprint density at radius 3 is 2.55 bits per heavy atom. The predicted molar refractivity (Wildman–Crippen MR) is 114 cm³/mol. The van der Waals surface area contributed by atoms with Crippen LogP contribution in [0.3, 0.4) is 0 Å². The molecule has 1 aromatic carbocycles. The van der Waals surface area contributed by atoms with Crippen molar-refractivity contribution >= 4 is 17.6 Å². The molecule has 9 heteroatoms. The second-order valence-corrected chi connectivity index (χ2v) is 7.40. The van der Waals surface area contributed by atoms with Gasteiger partial charge in [-0.2, -0.15) is 8.78 Å². The third-order valence-electron chi connectivity index (χ3n) is 5.01. The van der Waals surface area contributed by atoms with Gasteiger partial charge in [-0.1, -0.05) is 18.5 Å². The molecule has 0 spiro atoms. The molecule has 0 radical (unpaired) electrons. The van der Waals surface area contributed by atoms with E-state index in [2.05, 4.69) is 37.1 Å². The van der Waals surface area contributed by atoms with Crippen molar-refractivity contribution in [1.82, 2.24) is 20.4 Å². The Hall–Kier alpha value is -1.64. The van der Waals surface area contributed by atoms with Gasteiger partial charge in [0.15, 0.2) is 5.96 Å². The fraction of sp³-hybridized carbons (Fsp3) is 0.650. The van der Waals surface area contributed by atoms with E-state index in [0.29, 0.717) is 16.5 Å². The number of alkyl halides is 2. The summed E-state index contributed by atoms with van der Waals surface area (Å²) in [6.07, 6.45) is 2.16. The number of hydrogen-bond donors (Lipinski definition) is 2. The van der Waals surface area contributed by atoms with Crippen LogP contribution in [0.15, 0.2) is 23.2 Å². The first-order valence-corrected chi connectivity index (χ1v) is 10.5. The molecule has 0 aromatic heterocycles. The number of ether oxygens (including phenoxy) is 1. The first-order chi connectivity index (χ1) is 14.0. The number of rotatable bonds is 10. The molecule has 1 aliphatic rings. The molecule has 0 saturated carbocycles. The van der Waals surface area contributed by atoms with Gasteiger partial charge in [0.1, 0.15) is 5.75 Å². The molecule has 6 nitrogen and oxygen atoms in total. The molecule has 29 heavy (non-hydrogen) atoms. The Balaban J connectivity index is 1.67. The highest BCUT2D eigenvalue weighted by Crippen LogP contribution is 2.24. The van der Waals surface area contributed by atoms with Crippen LogP contribution in [-0.4, -0.2) is 75.2 Å². The van der Waals surface area contributed by atoms with E-state index in [-0.39, 0.29) is 12.3 Å². The van der Waals surface area contributed by atoms with Gasteiger partial charge in [0.2, 0.25) is 0 Å². The van der Waals surface area contributed by atoms with E-state index < -0.39 is 6.61 Å². The summed E-state index contributed by atoms with van der Waals surface area (Å²) in [5.41, 5.74) is 0.548. The Labute approximate surface area is 177 Å². The van der Waals surface area contributed by atoms with Crippen molar-refractivity contribution < 1.29 is 13.5 Å². The minimum Gasteiger partial charge on any atom is -0.434 e. The zero-order chi connectivity index (χ0) is 21.1. The van der Waals surface area contributed by atoms with Crippen molar-refractivity contribution in [2.75, 3.05) is 52.9 Å². The summed E-state index contributed by atoms with van der Waals surface area (Å²) in [7, 11) is 1.68. The van der Waals surface area contributed by atoms with E-state index in [1.807, 2.05) is 0 Å². The minimum absolute atomic E-state index is 0.107. The molecule has 0 amide bonds. The molecule has 1 fully saturated rings. The lowest BCUT2D eigenvalue weighted by Crippen LogP contribution is -2.46. The summed E-state index contributed by atoms with van der Waals surface area (Å²) in [6, 6.07) is 4.58. The highest BCUT2D eigenvalue weighted by atomic mass is 35.5. The fourth-order valence-electron chi connectivity index (χ4n) is 3.29. The van der Waals surface area contributed by atoms with E-state index in [1.54, 1.807) is 13.1 Å². The lowest BCUT2D eigenvalue weighted by molar-refractivity contribution is -0.0504. The molecule has 2 rings (SSSR count). The smallest absolute Gasteiger partial charge is 0.387 e. The quantitative estimate of drug-likeness (QED) is 0.339. The van der Waals surface area contributed by atoms with Gasteiger partial charge in [0.25, 0.3) is 0 Å². The average molecular weight is 432 g/mol. The Kier molecular flexibility index (Phi) is 10.5. The second kappa shape index (κ2) is 12.8. The Bertz CT molecular complexity index is 639. The molecule has 164 valence electrons. The van der Waals surface area contributed by atoms with E-state index in [4.69, 9.17) is 11.6 Å². The third kappa shape index (κ3) is 8.72. The van der Waals surface area contributed by atoms with Crippen LogP contribution in [0.25, 0.3) is 0 Å². The summed E-state index contributed by atoms with van der Waals surface area (Å²) >= 11 is 5.98. The number of nitrogens with zero attached hydrogens (tertiary/aromatic N) is 3. The standard InChI is InChI=1S/C20H32ClF2N5O/c1-3-27-10-12-28(13-11-27)9-5-4-8-25-20(24-2)26-15-16-14-17(21)6-7-18(16)29-19(22)23/h6-7,14,19H,3-5,8-13,15H2,1-2H3,(H2,24,25,26). The molecule has 1 heterocycles. The topological polar surface area (TPSA) is 52.1 Å². The van der Waals surface area contributed by atoms with Crippen molar-refractivity contribution in [1.29, 1.82) is 0 Å². The SMILES string of the molecule is CCN1CCN(CCCCNC(=NC)NCc2cc(Cl)ccc2OC(F)F)CC1. The molecule has 1 saturated heterocycles. The highest BCUT2D eigenvalue weighted by molar-refractivity contribution is 6.30. The number of halogens is 3. The number of benzene rings is 1. The van der Waals surface area contributed by atoms with Crippen LogP contribution in [-0.2, 0) is 6.54 Å². The molecule has 1 aromatic rings. The van der Waals surface area contributed by atoms with Gasteiger partial charge in [-0.3, -0.25) is 4.99 Å². The number of nitrogens with one attached hydrogen (secondary N) is 2. The monoisotopic (exact) mass is 431 g/mol. The van der Waals surface area contributed by atoms with Crippen LogP contribution >= 0.6 is 11.6 Å². The molecule has 0 aliphatic carbocycles. The normalized spacial score (nSPS) is 16.3. The van der Waals surface area contributed by atoms with Gasteiger partial charge in [0.05, 0.1) is 0 Å². The predicted octanol–water partition coefficient (Wildman–Crippen LogP) is 3.02. The van der Waals surface area contributed by atoms with Crippen LogP contribution in [0.2, 0.25) is 5.02 Å². The fourth-order valence-corrected chi connectivity index (χ4v) is 3.49. The van der Waals surface area contributed by atoms with E-state index in [0.717, 1.165) is 58.7 Å². The number of unbranched alkanes of at least 4 members (excludes halogenated alkanes) is 1. The third-order valence-corrected chi connectivity index (χ3v) is 5.25. The molecule has 0 atom stereocenters. The molecule has 0 unspecified atom stereocenters. The Morgan fingerprint density at radius 1 is 1.17 bits per heavy atom. The van der Waals surface area contributed by atoms with Crippen LogP contribution in [0, 0.1) is 0 Å². The number of likely N-dealkylation sites (N-methyl/N-ethyl adjacent to an activating group) is 1. The first-order valence-electron chi connectivity index (χ1n) is 10.1. The summed E-state index contributed by atoms with van der Waals surface area (Å²) in [5.74, 6) is 0.722. The average Bonchev–Trinajstić information content (AvgIpc) is 2.72. The van der Waals surface area contributed by atoms with Crippen LogP contribution in [0.4, 0.5) is 8.78 Å². The first kappa shape index (κ1) is 23.6. The zero-order valence-electron chi connectivity index (χ0n) is 17.3. The molecule has 1 aliphatic heterocycles. The van der Waals surface area contributed by atoms with Crippen LogP contribution in [0.1, 0.15) is 25.3 Å². The lowest BCUT2D eigenvalue weighted by Gasteiger charge is -2.34. The molecule has 0 bridgehead atoms. The zero-order valence-corrected chi connectivity index (χ0v) is 18.0. The van der Waals surface area contributed by atoms with Gasteiger partial charge in [0, 0.05) is 56.9 Å². The second-order valence-electron chi connectivity index (χ2n) is 6.97. The number of aliphatic imine (C=N–C) groups is 1. The number of hydrogen-bond acceptors (Lipinski definition) is 4. The summed E-state index contributed by atoms with van der Waals surface area (Å²) in [5, 5.41) is 6.84. The maximum Gasteiger partial charge on any atom is 0.387 e. The summed E-state index contributed by atoms with van der Waals surface area (Å²) in [6.45, 7) is 7.27. The maximum atomic E-state index is 12.6. The van der Waals surface area contributed by atoms with Gasteiger partial charge in [-0.25, -0.2) is 0 Å². The lowest BCUT2D eigenvalue weighted by atomic mass is 10.2.